The summed E-state index contributed by atoms with van der Waals surface area (Å²) in [5, 5.41) is 8.33. The summed E-state index contributed by atoms with van der Waals surface area (Å²) in [6.07, 6.45) is -11.6. The van der Waals surface area contributed by atoms with Crippen LogP contribution in [0.2, 0.25) is 0 Å². The molecule has 0 N–H and O–H groups in total. The molecule has 0 radical (unpaired) electrons. The van der Waals surface area contributed by atoms with E-state index in [-0.39, 0.29) is 6.20 Å². The van der Waals surface area contributed by atoms with Crippen molar-refractivity contribution in [2.75, 3.05) is 0 Å². The first-order valence-electron chi connectivity index (χ1n) is 4.43. The number of halogens is 7. The van der Waals surface area contributed by atoms with Crippen molar-refractivity contribution in [3.8, 4) is 11.8 Å². The fourth-order valence-electron chi connectivity index (χ4n) is 1.22. The molecule has 1 heterocycles. The number of rotatable bonds is 2. The van der Waals surface area contributed by atoms with Crippen molar-refractivity contribution in [2.24, 2.45) is 0 Å². The maximum atomic E-state index is 13.1. The fraction of sp³-hybridized carbons (Fsp3) is 0.333. The highest BCUT2D eigenvalue weighted by Crippen LogP contribution is 2.38. The molecule has 0 spiro atoms. The highest BCUT2D eigenvalue weighted by Gasteiger charge is 2.40. The molecule has 3 nitrogen and oxygen atoms in total. The Morgan fingerprint density at radius 3 is 2.21 bits per heavy atom. The van der Waals surface area contributed by atoms with Crippen LogP contribution in [-0.4, -0.2) is 11.3 Å². The van der Waals surface area contributed by atoms with E-state index in [1.165, 1.54) is 6.07 Å². The number of nitrogens with zero attached hydrogens (tertiary/aromatic N) is 2. The van der Waals surface area contributed by atoms with Crippen LogP contribution >= 0.6 is 0 Å². The van der Waals surface area contributed by atoms with Gasteiger partial charge in [-0.3, -0.25) is 0 Å². The summed E-state index contributed by atoms with van der Waals surface area (Å²) in [5.41, 5.74) is -2.91. The third-order valence-electron chi connectivity index (χ3n) is 1.87. The smallest absolute Gasteiger partial charge is 0.401 e. The van der Waals surface area contributed by atoms with Crippen LogP contribution in [0, 0.1) is 17.3 Å². The molecule has 0 fully saturated rings. The zero-order valence-corrected chi connectivity index (χ0v) is 8.73. The molecule has 1 aromatic rings. The molecule has 0 saturated carbocycles. The molecular formula is C9H3F7N2O. The largest absolute Gasteiger partial charge is 0.573 e. The van der Waals surface area contributed by atoms with Crippen LogP contribution in [0.25, 0.3) is 0 Å². The molecule has 0 bridgehead atoms. The van der Waals surface area contributed by atoms with E-state index in [0.29, 0.717) is 0 Å². The molecule has 0 saturated heterocycles. The summed E-state index contributed by atoms with van der Waals surface area (Å²) in [5.74, 6) is -3.63. The molecule has 19 heavy (non-hydrogen) atoms. The molecule has 10 heteroatoms. The minimum absolute atomic E-state index is 0.00520. The SMILES string of the molecule is N#CCc1c(C(F)(F)F)cnc(F)c1OC(F)(F)F. The summed E-state index contributed by atoms with van der Waals surface area (Å²) in [6, 6.07) is 1.21. The predicted molar refractivity (Wildman–Crippen MR) is 45.2 cm³/mol. The van der Waals surface area contributed by atoms with Crippen LogP contribution < -0.4 is 4.74 Å². The van der Waals surface area contributed by atoms with Gasteiger partial charge < -0.3 is 4.74 Å². The van der Waals surface area contributed by atoms with Gasteiger partial charge in [0, 0.05) is 11.8 Å². The molecule has 1 rings (SSSR count). The highest BCUT2D eigenvalue weighted by molar-refractivity contribution is 5.41. The Morgan fingerprint density at radius 2 is 1.79 bits per heavy atom. The molecule has 0 aliphatic carbocycles. The molecule has 0 unspecified atom stereocenters. The van der Waals surface area contributed by atoms with Crippen molar-refractivity contribution in [3.05, 3.63) is 23.3 Å². The van der Waals surface area contributed by atoms with E-state index in [0.717, 1.165) is 0 Å². The first-order valence-corrected chi connectivity index (χ1v) is 4.43. The van der Waals surface area contributed by atoms with Gasteiger partial charge in [-0.1, -0.05) is 0 Å². The van der Waals surface area contributed by atoms with Gasteiger partial charge >= 0.3 is 12.5 Å². The molecule has 0 aliphatic rings. The average Bonchev–Trinajstić information content (AvgIpc) is 2.20. The van der Waals surface area contributed by atoms with Crippen LogP contribution in [0.3, 0.4) is 0 Å². The second-order valence-corrected chi connectivity index (χ2v) is 3.15. The number of pyridine rings is 1. The lowest BCUT2D eigenvalue weighted by Gasteiger charge is -2.16. The monoisotopic (exact) mass is 288 g/mol. The zero-order valence-electron chi connectivity index (χ0n) is 8.73. The van der Waals surface area contributed by atoms with E-state index >= 15 is 0 Å². The van der Waals surface area contributed by atoms with Gasteiger partial charge in [0.1, 0.15) is 0 Å². The molecular weight excluding hydrogens is 285 g/mol. The molecule has 1 aromatic heterocycles. The molecule has 0 aromatic carbocycles. The van der Waals surface area contributed by atoms with E-state index in [9.17, 15) is 30.7 Å². The minimum atomic E-state index is -5.41. The van der Waals surface area contributed by atoms with E-state index in [2.05, 4.69) is 9.72 Å². The van der Waals surface area contributed by atoms with Gasteiger partial charge in [-0.2, -0.15) is 22.8 Å². The van der Waals surface area contributed by atoms with E-state index in [1.807, 2.05) is 0 Å². The highest BCUT2D eigenvalue weighted by atomic mass is 19.4. The van der Waals surface area contributed by atoms with Gasteiger partial charge in [-0.05, 0) is 0 Å². The minimum Gasteiger partial charge on any atom is -0.401 e. The second-order valence-electron chi connectivity index (χ2n) is 3.15. The van der Waals surface area contributed by atoms with Gasteiger partial charge in [0.2, 0.25) is 0 Å². The van der Waals surface area contributed by atoms with Crippen LogP contribution in [0.15, 0.2) is 6.20 Å². The average molecular weight is 288 g/mol. The van der Waals surface area contributed by atoms with E-state index in [1.54, 1.807) is 0 Å². The first kappa shape index (κ1) is 15.0. The van der Waals surface area contributed by atoms with Gasteiger partial charge in [-0.15, -0.1) is 13.2 Å². The number of hydrogen-bond donors (Lipinski definition) is 0. The van der Waals surface area contributed by atoms with Crippen LogP contribution in [0.1, 0.15) is 11.1 Å². The van der Waals surface area contributed by atoms with Gasteiger partial charge in [-0.25, -0.2) is 4.98 Å². The van der Waals surface area contributed by atoms with Crippen molar-refractivity contribution in [3.63, 3.8) is 0 Å². The van der Waals surface area contributed by atoms with E-state index < -0.39 is 41.8 Å². The van der Waals surface area contributed by atoms with Crippen molar-refractivity contribution in [1.29, 1.82) is 5.26 Å². The quantitative estimate of drug-likeness (QED) is 0.620. The van der Waals surface area contributed by atoms with Crippen molar-refractivity contribution in [1.82, 2.24) is 4.98 Å². The predicted octanol–water partition coefficient (Wildman–Crippen LogP) is 3.20. The Labute approximate surface area is 101 Å². The van der Waals surface area contributed by atoms with Crippen molar-refractivity contribution < 1.29 is 35.5 Å². The fourth-order valence-corrected chi connectivity index (χ4v) is 1.22. The summed E-state index contributed by atoms with van der Waals surface area (Å²) in [4.78, 5) is 2.55. The Balaban J connectivity index is 3.47. The Bertz CT molecular complexity index is 515. The van der Waals surface area contributed by atoms with Gasteiger partial charge in [0.25, 0.3) is 5.95 Å². The Kier molecular flexibility index (Phi) is 3.88. The summed E-state index contributed by atoms with van der Waals surface area (Å²) in [7, 11) is 0. The lowest BCUT2D eigenvalue weighted by molar-refractivity contribution is -0.276. The standard InChI is InChI=1S/C9H3F7N2O/c10-7-6(19-9(14,15)16)4(1-2-17)5(3-18-7)8(11,12)13/h3H,1H2. The molecule has 104 valence electrons. The van der Waals surface area contributed by atoms with Gasteiger partial charge in [0.05, 0.1) is 18.1 Å². The third-order valence-corrected chi connectivity index (χ3v) is 1.87. The third kappa shape index (κ3) is 3.70. The normalized spacial score (nSPS) is 12.1. The number of aromatic nitrogens is 1. The van der Waals surface area contributed by atoms with Crippen molar-refractivity contribution >= 4 is 0 Å². The lowest BCUT2D eigenvalue weighted by Crippen LogP contribution is -2.21. The zero-order chi connectivity index (χ0) is 14.8. The molecule has 0 amide bonds. The van der Waals surface area contributed by atoms with Crippen LogP contribution in [-0.2, 0) is 12.6 Å². The maximum absolute atomic E-state index is 13.1. The summed E-state index contributed by atoms with van der Waals surface area (Å²) in [6.45, 7) is 0. The number of alkyl halides is 6. The number of hydrogen-bond acceptors (Lipinski definition) is 3. The van der Waals surface area contributed by atoms with Crippen LogP contribution in [0.5, 0.6) is 5.75 Å². The van der Waals surface area contributed by atoms with Gasteiger partial charge in [0.15, 0.2) is 5.75 Å². The van der Waals surface area contributed by atoms with Crippen molar-refractivity contribution in [2.45, 2.75) is 19.0 Å². The summed E-state index contributed by atoms with van der Waals surface area (Å²) >= 11 is 0. The van der Waals surface area contributed by atoms with Crippen LogP contribution in [0.4, 0.5) is 30.7 Å². The Hall–Kier alpha value is -2.05. The second kappa shape index (κ2) is 4.91. The molecule has 0 aliphatic heterocycles. The lowest BCUT2D eigenvalue weighted by atomic mass is 10.1. The Morgan fingerprint density at radius 1 is 1.21 bits per heavy atom. The summed E-state index contributed by atoms with van der Waals surface area (Å²) < 4.78 is 89.7. The first-order chi connectivity index (χ1) is 8.56. The number of ether oxygens (including phenoxy) is 1. The molecule has 0 atom stereocenters. The van der Waals surface area contributed by atoms with E-state index in [4.69, 9.17) is 5.26 Å². The topological polar surface area (TPSA) is 45.9 Å². The maximum Gasteiger partial charge on any atom is 0.573 e. The number of nitriles is 1.